The van der Waals surface area contributed by atoms with E-state index in [1.807, 2.05) is 60.9 Å². The topological polar surface area (TPSA) is 29.1 Å². The zero-order valence-electron chi connectivity index (χ0n) is 11.4. The smallest absolute Gasteiger partial charge is 0.239 e. The van der Waals surface area contributed by atoms with E-state index in [0.717, 1.165) is 11.3 Å². The molecule has 0 bridgehead atoms. The van der Waals surface area contributed by atoms with Crippen LogP contribution in [0.15, 0.2) is 59.5 Å². The van der Waals surface area contributed by atoms with E-state index in [1.54, 1.807) is 11.8 Å². The van der Waals surface area contributed by atoms with Gasteiger partial charge < -0.3 is 5.32 Å². The largest absolute Gasteiger partial charge is 0.325 e. The highest BCUT2D eigenvalue weighted by molar-refractivity contribution is 9.12. The molecule has 0 radical (unpaired) electrons. The van der Waals surface area contributed by atoms with Gasteiger partial charge >= 0.3 is 0 Å². The second-order valence-electron chi connectivity index (χ2n) is 4.43. The Balaban J connectivity index is 2.01. The summed E-state index contributed by atoms with van der Waals surface area (Å²) in [6.07, 6.45) is 2.03. The summed E-state index contributed by atoms with van der Waals surface area (Å²) < 4.78 is 0. The lowest BCUT2D eigenvalue weighted by Gasteiger charge is -2.17. The number of rotatable bonds is 5. The molecule has 110 valence electrons. The van der Waals surface area contributed by atoms with Gasteiger partial charge in [0.2, 0.25) is 5.91 Å². The van der Waals surface area contributed by atoms with E-state index in [0.29, 0.717) is 0 Å². The van der Waals surface area contributed by atoms with Crippen molar-refractivity contribution in [3.05, 3.63) is 60.2 Å². The molecule has 5 heteroatoms. The molecular weight excluding hydrogens is 414 g/mol. The van der Waals surface area contributed by atoms with Crippen molar-refractivity contribution in [2.75, 3.05) is 11.6 Å². The van der Waals surface area contributed by atoms with Crippen molar-refractivity contribution >= 4 is 55.2 Å². The van der Waals surface area contributed by atoms with Crippen molar-refractivity contribution in [1.29, 1.82) is 0 Å². The minimum Gasteiger partial charge on any atom is -0.325 e. The fraction of sp³-hybridized carbons (Fsp3) is 0.188. The number of anilines is 1. The second kappa shape index (κ2) is 8.01. The normalized spacial score (nSPS) is 13.5. The molecule has 2 aromatic rings. The minimum atomic E-state index is -0.347. The Morgan fingerprint density at radius 1 is 1.05 bits per heavy atom. The van der Waals surface area contributed by atoms with Crippen LogP contribution in [-0.4, -0.2) is 17.0 Å². The number of thioether (sulfide) groups is 1. The van der Waals surface area contributed by atoms with Gasteiger partial charge in [0, 0.05) is 10.6 Å². The molecule has 1 amide bonds. The molecule has 2 aromatic carbocycles. The number of carbonyl (C=O) groups excluding carboxylic acids is 1. The molecular formula is C16H15Br2NOS. The van der Waals surface area contributed by atoms with E-state index in [4.69, 9.17) is 0 Å². The molecule has 0 spiro atoms. The Morgan fingerprint density at radius 3 is 2.24 bits per heavy atom. The summed E-state index contributed by atoms with van der Waals surface area (Å²) in [4.78, 5) is 13.0. The molecule has 2 nitrogen and oxygen atoms in total. The highest BCUT2D eigenvalue weighted by atomic mass is 79.9. The van der Waals surface area contributed by atoms with E-state index < -0.39 is 0 Å². The predicted molar refractivity (Wildman–Crippen MR) is 97.7 cm³/mol. The number of carbonyl (C=O) groups is 1. The number of nitrogens with one attached hydrogen (secondary N) is 1. The summed E-state index contributed by atoms with van der Waals surface area (Å²) in [7, 11) is 0. The van der Waals surface area contributed by atoms with Crippen LogP contribution in [0, 0.1) is 0 Å². The van der Waals surface area contributed by atoms with Crippen LogP contribution < -0.4 is 5.32 Å². The Morgan fingerprint density at radius 2 is 1.67 bits per heavy atom. The quantitative estimate of drug-likeness (QED) is 0.520. The first kappa shape index (κ1) is 16.6. The van der Waals surface area contributed by atoms with Crippen LogP contribution in [0.5, 0.6) is 0 Å². The van der Waals surface area contributed by atoms with Crippen molar-refractivity contribution in [3.63, 3.8) is 0 Å². The first-order valence-electron chi connectivity index (χ1n) is 6.40. The zero-order chi connectivity index (χ0) is 15.2. The van der Waals surface area contributed by atoms with Gasteiger partial charge in [0.05, 0.1) is 4.83 Å². The van der Waals surface area contributed by atoms with Crippen LogP contribution in [0.25, 0.3) is 0 Å². The van der Waals surface area contributed by atoms with Crippen LogP contribution in [-0.2, 0) is 4.79 Å². The molecule has 0 unspecified atom stereocenters. The van der Waals surface area contributed by atoms with Gasteiger partial charge in [0.1, 0.15) is 4.83 Å². The standard InChI is InChI=1S/C16H15Br2NOS/c1-21-13-9-7-12(8-10-13)19-16(20)15(18)14(17)11-5-3-2-4-6-11/h2-10,14-15H,1H3,(H,19,20)/t14-,15+/m1/s1. The number of alkyl halides is 2. The maximum Gasteiger partial charge on any atom is 0.239 e. The van der Waals surface area contributed by atoms with E-state index in [2.05, 4.69) is 37.2 Å². The molecule has 0 aromatic heterocycles. The molecule has 0 fully saturated rings. The van der Waals surface area contributed by atoms with Crippen LogP contribution in [0.1, 0.15) is 10.4 Å². The molecule has 0 aliphatic carbocycles. The summed E-state index contributed by atoms with van der Waals surface area (Å²) in [5, 5.41) is 2.92. The lowest BCUT2D eigenvalue weighted by Crippen LogP contribution is -2.26. The molecule has 0 aliphatic rings. The summed E-state index contributed by atoms with van der Waals surface area (Å²) in [6, 6.07) is 17.7. The van der Waals surface area contributed by atoms with E-state index >= 15 is 0 Å². The van der Waals surface area contributed by atoms with Gasteiger partial charge in [0.25, 0.3) is 0 Å². The average molecular weight is 429 g/mol. The SMILES string of the molecule is CSc1ccc(NC(=O)[C@@H](Br)[C@H](Br)c2ccccc2)cc1. The van der Waals surface area contributed by atoms with Gasteiger partial charge in [-0.05, 0) is 36.1 Å². The van der Waals surface area contributed by atoms with Crippen molar-refractivity contribution in [3.8, 4) is 0 Å². The monoisotopic (exact) mass is 427 g/mol. The molecule has 1 N–H and O–H groups in total. The molecule has 21 heavy (non-hydrogen) atoms. The molecule has 0 saturated carbocycles. The Bertz CT molecular complexity index is 589. The van der Waals surface area contributed by atoms with Crippen LogP contribution >= 0.6 is 43.6 Å². The predicted octanol–water partition coefficient (Wildman–Crippen LogP) is 5.25. The lowest BCUT2D eigenvalue weighted by molar-refractivity contribution is -0.115. The lowest BCUT2D eigenvalue weighted by atomic mass is 10.1. The van der Waals surface area contributed by atoms with Gasteiger partial charge in [-0.3, -0.25) is 4.79 Å². The molecule has 0 aliphatic heterocycles. The average Bonchev–Trinajstić information content (AvgIpc) is 2.55. The van der Waals surface area contributed by atoms with Gasteiger partial charge in [-0.2, -0.15) is 0 Å². The van der Waals surface area contributed by atoms with Crippen molar-refractivity contribution in [1.82, 2.24) is 0 Å². The first-order chi connectivity index (χ1) is 10.1. The van der Waals surface area contributed by atoms with Crippen molar-refractivity contribution < 1.29 is 4.79 Å². The summed E-state index contributed by atoms with van der Waals surface area (Å²) in [6.45, 7) is 0. The van der Waals surface area contributed by atoms with E-state index in [-0.39, 0.29) is 15.6 Å². The third-order valence-corrected chi connectivity index (χ3v) is 6.44. The highest BCUT2D eigenvalue weighted by Gasteiger charge is 2.24. The van der Waals surface area contributed by atoms with Gasteiger partial charge in [0.15, 0.2) is 0 Å². The maximum atomic E-state index is 12.3. The first-order valence-corrected chi connectivity index (χ1v) is 9.45. The van der Waals surface area contributed by atoms with Gasteiger partial charge in [-0.15, -0.1) is 11.8 Å². The Hall–Kier alpha value is -0.780. The second-order valence-corrected chi connectivity index (χ2v) is 7.28. The molecule has 0 saturated heterocycles. The van der Waals surface area contributed by atoms with Crippen molar-refractivity contribution in [2.24, 2.45) is 0 Å². The Kier molecular flexibility index (Phi) is 6.33. The number of amides is 1. The number of benzene rings is 2. The summed E-state index contributed by atoms with van der Waals surface area (Å²) in [5.41, 5.74) is 1.86. The fourth-order valence-electron chi connectivity index (χ4n) is 1.82. The number of hydrogen-bond donors (Lipinski definition) is 1. The van der Waals surface area contributed by atoms with E-state index in [9.17, 15) is 4.79 Å². The van der Waals surface area contributed by atoms with Gasteiger partial charge in [-0.1, -0.05) is 62.2 Å². The van der Waals surface area contributed by atoms with Crippen LogP contribution in [0.2, 0.25) is 0 Å². The third-order valence-electron chi connectivity index (χ3n) is 2.98. The summed E-state index contributed by atoms with van der Waals surface area (Å²) in [5.74, 6) is -0.0716. The molecule has 0 heterocycles. The van der Waals surface area contributed by atoms with Crippen LogP contribution in [0.4, 0.5) is 5.69 Å². The number of hydrogen-bond acceptors (Lipinski definition) is 2. The third kappa shape index (κ3) is 4.59. The van der Waals surface area contributed by atoms with Gasteiger partial charge in [-0.25, -0.2) is 0 Å². The minimum absolute atomic E-state index is 0.0716. The molecule has 2 atom stereocenters. The Labute approximate surface area is 146 Å². The maximum absolute atomic E-state index is 12.3. The van der Waals surface area contributed by atoms with E-state index in [1.165, 1.54) is 4.90 Å². The summed E-state index contributed by atoms with van der Waals surface area (Å²) >= 11 is 8.72. The number of halogens is 2. The van der Waals surface area contributed by atoms with Crippen molar-refractivity contribution in [2.45, 2.75) is 14.5 Å². The highest BCUT2D eigenvalue weighted by Crippen LogP contribution is 2.31. The van der Waals surface area contributed by atoms with Crippen LogP contribution in [0.3, 0.4) is 0 Å². The zero-order valence-corrected chi connectivity index (χ0v) is 15.4. The molecule has 2 rings (SSSR count). The fourth-order valence-corrected chi connectivity index (χ4v) is 3.20.